The standard InChI is InChI=1S/C16H15F4N/c1-11-3-2-4-12(7-11)9-21-10-13-5-6-15(17)14(8-13)16(18,19)20/h2-8,21H,9-10H2,1H3. The Hall–Kier alpha value is -1.88. The molecule has 0 fully saturated rings. The zero-order chi connectivity index (χ0) is 15.5. The van der Waals surface area contributed by atoms with E-state index in [1.54, 1.807) is 0 Å². The van der Waals surface area contributed by atoms with Crippen LogP contribution in [0, 0.1) is 12.7 Å². The third-order valence-corrected chi connectivity index (χ3v) is 3.08. The summed E-state index contributed by atoms with van der Waals surface area (Å²) in [7, 11) is 0. The molecule has 5 heteroatoms. The second-order valence-corrected chi connectivity index (χ2v) is 4.90. The van der Waals surface area contributed by atoms with Gasteiger partial charge in [-0.25, -0.2) is 4.39 Å². The Morgan fingerprint density at radius 2 is 1.62 bits per heavy atom. The van der Waals surface area contributed by atoms with Gasteiger partial charge >= 0.3 is 6.18 Å². The van der Waals surface area contributed by atoms with E-state index in [4.69, 9.17) is 0 Å². The lowest BCUT2D eigenvalue weighted by Gasteiger charge is -2.11. The van der Waals surface area contributed by atoms with Gasteiger partial charge in [0.2, 0.25) is 0 Å². The first-order chi connectivity index (χ1) is 9.86. The quantitative estimate of drug-likeness (QED) is 0.823. The van der Waals surface area contributed by atoms with E-state index in [0.717, 1.165) is 23.3 Å². The fraction of sp³-hybridized carbons (Fsp3) is 0.250. The Bertz CT molecular complexity index is 620. The van der Waals surface area contributed by atoms with Gasteiger partial charge in [0.15, 0.2) is 0 Å². The molecule has 0 aliphatic carbocycles. The number of alkyl halides is 3. The van der Waals surface area contributed by atoms with Crippen molar-refractivity contribution in [3.05, 3.63) is 70.5 Å². The van der Waals surface area contributed by atoms with Crippen LogP contribution in [0.1, 0.15) is 22.3 Å². The number of hydrogen-bond acceptors (Lipinski definition) is 1. The predicted molar refractivity (Wildman–Crippen MR) is 73.1 cm³/mol. The van der Waals surface area contributed by atoms with E-state index in [9.17, 15) is 17.6 Å². The van der Waals surface area contributed by atoms with Crippen molar-refractivity contribution in [1.82, 2.24) is 5.32 Å². The molecule has 1 N–H and O–H groups in total. The van der Waals surface area contributed by atoms with Crippen molar-refractivity contribution in [2.45, 2.75) is 26.2 Å². The number of benzene rings is 2. The second kappa shape index (κ2) is 6.26. The summed E-state index contributed by atoms with van der Waals surface area (Å²) in [5, 5.41) is 3.05. The van der Waals surface area contributed by atoms with Crippen LogP contribution >= 0.6 is 0 Å². The highest BCUT2D eigenvalue weighted by atomic mass is 19.4. The molecule has 0 aromatic heterocycles. The van der Waals surface area contributed by atoms with E-state index < -0.39 is 17.6 Å². The molecule has 0 radical (unpaired) electrons. The number of rotatable bonds is 4. The Balaban J connectivity index is 2.01. The van der Waals surface area contributed by atoms with Gasteiger partial charge in [-0.3, -0.25) is 0 Å². The minimum atomic E-state index is -4.67. The normalized spacial score (nSPS) is 11.7. The summed E-state index contributed by atoms with van der Waals surface area (Å²) in [6.45, 7) is 2.76. The lowest BCUT2D eigenvalue weighted by atomic mass is 10.1. The first kappa shape index (κ1) is 15.5. The second-order valence-electron chi connectivity index (χ2n) is 4.90. The maximum atomic E-state index is 13.2. The Labute approximate surface area is 120 Å². The summed E-state index contributed by atoms with van der Waals surface area (Å²) in [5.74, 6) is -1.25. The fourth-order valence-electron chi connectivity index (χ4n) is 2.07. The first-order valence-electron chi connectivity index (χ1n) is 6.48. The molecule has 0 aliphatic rings. The van der Waals surface area contributed by atoms with E-state index in [-0.39, 0.29) is 6.54 Å². The van der Waals surface area contributed by atoms with E-state index in [2.05, 4.69) is 5.32 Å². The Morgan fingerprint density at radius 3 is 2.24 bits per heavy atom. The van der Waals surface area contributed by atoms with Crippen LogP contribution in [0.15, 0.2) is 42.5 Å². The minimum absolute atomic E-state index is 0.247. The topological polar surface area (TPSA) is 12.0 Å². The van der Waals surface area contributed by atoms with Crippen molar-refractivity contribution in [2.75, 3.05) is 0 Å². The molecular weight excluding hydrogens is 282 g/mol. The van der Waals surface area contributed by atoms with Crippen molar-refractivity contribution in [3.8, 4) is 0 Å². The van der Waals surface area contributed by atoms with Crippen LogP contribution in [-0.4, -0.2) is 0 Å². The summed E-state index contributed by atoms with van der Waals surface area (Å²) < 4.78 is 51.0. The Kier molecular flexibility index (Phi) is 4.63. The zero-order valence-electron chi connectivity index (χ0n) is 11.5. The molecule has 0 atom stereocenters. The van der Waals surface area contributed by atoms with Crippen molar-refractivity contribution in [1.29, 1.82) is 0 Å². The van der Waals surface area contributed by atoms with Gasteiger partial charge < -0.3 is 5.32 Å². The molecule has 112 valence electrons. The molecule has 0 bridgehead atoms. The SMILES string of the molecule is Cc1cccc(CNCc2ccc(F)c(C(F)(F)F)c2)c1. The lowest BCUT2D eigenvalue weighted by Crippen LogP contribution is -2.14. The van der Waals surface area contributed by atoms with Gasteiger partial charge in [0.1, 0.15) is 5.82 Å². The zero-order valence-corrected chi connectivity index (χ0v) is 11.5. The Morgan fingerprint density at radius 1 is 0.952 bits per heavy atom. The van der Waals surface area contributed by atoms with Gasteiger partial charge in [-0.2, -0.15) is 13.2 Å². The van der Waals surface area contributed by atoms with Crippen molar-refractivity contribution in [3.63, 3.8) is 0 Å². The molecule has 2 aromatic rings. The van der Waals surface area contributed by atoms with Gasteiger partial charge in [-0.15, -0.1) is 0 Å². The van der Waals surface area contributed by atoms with E-state index >= 15 is 0 Å². The molecule has 0 spiro atoms. The third-order valence-electron chi connectivity index (χ3n) is 3.08. The number of hydrogen-bond donors (Lipinski definition) is 1. The van der Waals surface area contributed by atoms with Crippen LogP contribution in [0.25, 0.3) is 0 Å². The summed E-state index contributed by atoms with van der Waals surface area (Å²) in [6.07, 6.45) is -4.67. The molecule has 0 saturated heterocycles. The van der Waals surface area contributed by atoms with Crippen molar-refractivity contribution in [2.24, 2.45) is 0 Å². The molecular formula is C16H15F4N. The molecule has 0 heterocycles. The maximum absolute atomic E-state index is 13.2. The van der Waals surface area contributed by atoms with Gasteiger partial charge in [-0.1, -0.05) is 35.9 Å². The third kappa shape index (κ3) is 4.29. The van der Waals surface area contributed by atoms with Crippen molar-refractivity contribution < 1.29 is 17.6 Å². The summed E-state index contributed by atoms with van der Waals surface area (Å²) >= 11 is 0. The molecule has 1 nitrogen and oxygen atoms in total. The van der Waals surface area contributed by atoms with Crippen LogP contribution in [0.5, 0.6) is 0 Å². The van der Waals surface area contributed by atoms with Crippen LogP contribution in [-0.2, 0) is 19.3 Å². The van der Waals surface area contributed by atoms with E-state index in [0.29, 0.717) is 12.1 Å². The van der Waals surface area contributed by atoms with Crippen LogP contribution in [0.4, 0.5) is 17.6 Å². The molecule has 21 heavy (non-hydrogen) atoms. The smallest absolute Gasteiger partial charge is 0.309 e. The number of halogens is 4. The van der Waals surface area contributed by atoms with E-state index in [1.807, 2.05) is 31.2 Å². The summed E-state index contributed by atoms with van der Waals surface area (Å²) in [6, 6.07) is 10.9. The molecule has 2 rings (SSSR count). The highest BCUT2D eigenvalue weighted by Crippen LogP contribution is 2.31. The monoisotopic (exact) mass is 297 g/mol. The van der Waals surface area contributed by atoms with Crippen LogP contribution in [0.2, 0.25) is 0 Å². The molecule has 0 unspecified atom stereocenters. The highest BCUT2D eigenvalue weighted by molar-refractivity contribution is 5.27. The molecule has 0 amide bonds. The van der Waals surface area contributed by atoms with Gasteiger partial charge in [-0.05, 0) is 30.2 Å². The lowest BCUT2D eigenvalue weighted by molar-refractivity contribution is -0.140. The van der Waals surface area contributed by atoms with Crippen LogP contribution < -0.4 is 5.32 Å². The number of nitrogens with one attached hydrogen (secondary N) is 1. The first-order valence-corrected chi connectivity index (χ1v) is 6.48. The average molecular weight is 297 g/mol. The summed E-state index contributed by atoms with van der Waals surface area (Å²) in [5.41, 5.74) is 1.34. The number of aryl methyl sites for hydroxylation is 1. The fourth-order valence-corrected chi connectivity index (χ4v) is 2.07. The summed E-state index contributed by atoms with van der Waals surface area (Å²) in [4.78, 5) is 0. The highest BCUT2D eigenvalue weighted by Gasteiger charge is 2.34. The van der Waals surface area contributed by atoms with Gasteiger partial charge in [0.05, 0.1) is 5.56 Å². The van der Waals surface area contributed by atoms with Gasteiger partial charge in [0, 0.05) is 13.1 Å². The van der Waals surface area contributed by atoms with E-state index in [1.165, 1.54) is 6.07 Å². The maximum Gasteiger partial charge on any atom is 0.419 e. The van der Waals surface area contributed by atoms with Gasteiger partial charge in [0.25, 0.3) is 0 Å². The molecule has 0 saturated carbocycles. The predicted octanol–water partition coefficient (Wildman–Crippen LogP) is 4.44. The van der Waals surface area contributed by atoms with Crippen molar-refractivity contribution >= 4 is 0 Å². The van der Waals surface area contributed by atoms with Crippen LogP contribution in [0.3, 0.4) is 0 Å². The minimum Gasteiger partial charge on any atom is -0.309 e. The molecule has 0 aliphatic heterocycles. The largest absolute Gasteiger partial charge is 0.419 e. The average Bonchev–Trinajstić information content (AvgIpc) is 2.39. The molecule has 2 aromatic carbocycles.